The van der Waals surface area contributed by atoms with E-state index in [1.807, 2.05) is 6.07 Å². The molecule has 0 fully saturated rings. The number of anilines is 1. The quantitative estimate of drug-likeness (QED) is 0.722. The predicted octanol–water partition coefficient (Wildman–Crippen LogP) is 4.06. The van der Waals surface area contributed by atoms with E-state index in [9.17, 15) is 5.11 Å². The van der Waals surface area contributed by atoms with E-state index in [4.69, 9.17) is 0 Å². The minimum absolute atomic E-state index is 0.439. The lowest BCUT2D eigenvalue weighted by Crippen LogP contribution is -2.30. The Morgan fingerprint density at radius 3 is 2.24 bits per heavy atom. The summed E-state index contributed by atoms with van der Waals surface area (Å²) >= 11 is 3.56. The van der Waals surface area contributed by atoms with Crippen LogP contribution in [0, 0.1) is 0 Å². The van der Waals surface area contributed by atoms with Gasteiger partial charge in [0.1, 0.15) is 0 Å². The molecule has 1 aromatic rings. The maximum Gasteiger partial charge on any atom is 0.0772 e. The number of rotatable bonds is 9. The number of benzene rings is 1. The monoisotopic (exact) mass is 356 g/mol. The highest BCUT2D eigenvalue weighted by atomic mass is 79.9. The molecule has 0 saturated carbocycles. The van der Waals surface area contributed by atoms with Crippen molar-refractivity contribution in [2.75, 3.05) is 37.6 Å². The van der Waals surface area contributed by atoms with Crippen LogP contribution in [0.1, 0.15) is 45.8 Å². The molecule has 1 rings (SSSR count). The van der Waals surface area contributed by atoms with Gasteiger partial charge in [0.05, 0.1) is 6.10 Å². The molecule has 1 N–H and O–H groups in total. The number of aliphatic hydroxyl groups excluding tert-OH is 1. The summed E-state index contributed by atoms with van der Waals surface area (Å²) < 4.78 is 0.984. The van der Waals surface area contributed by atoms with Crippen molar-refractivity contribution in [3.63, 3.8) is 0 Å². The van der Waals surface area contributed by atoms with E-state index in [0.29, 0.717) is 0 Å². The predicted molar refractivity (Wildman–Crippen MR) is 95.1 cm³/mol. The Morgan fingerprint density at radius 1 is 1.10 bits per heavy atom. The second-order valence-corrected chi connectivity index (χ2v) is 6.20. The van der Waals surface area contributed by atoms with Gasteiger partial charge < -0.3 is 14.9 Å². The van der Waals surface area contributed by atoms with E-state index in [1.165, 1.54) is 12.1 Å². The zero-order valence-electron chi connectivity index (χ0n) is 13.8. The van der Waals surface area contributed by atoms with Crippen molar-refractivity contribution in [2.45, 2.75) is 40.2 Å². The van der Waals surface area contributed by atoms with Crippen LogP contribution in [-0.2, 0) is 0 Å². The zero-order chi connectivity index (χ0) is 15.8. The molecule has 0 unspecified atom stereocenters. The topological polar surface area (TPSA) is 26.7 Å². The molecule has 0 saturated heterocycles. The molecule has 1 aromatic carbocycles. The fourth-order valence-corrected chi connectivity index (χ4v) is 3.24. The molecule has 4 heteroatoms. The average molecular weight is 357 g/mol. The zero-order valence-corrected chi connectivity index (χ0v) is 15.4. The third kappa shape index (κ3) is 5.61. The highest BCUT2D eigenvalue weighted by Crippen LogP contribution is 2.28. The van der Waals surface area contributed by atoms with Gasteiger partial charge in [0.25, 0.3) is 0 Å². The van der Waals surface area contributed by atoms with Gasteiger partial charge in [-0.25, -0.2) is 0 Å². The Kier molecular flexibility index (Phi) is 8.30. The molecule has 120 valence electrons. The van der Waals surface area contributed by atoms with E-state index in [-0.39, 0.29) is 0 Å². The third-order valence-corrected chi connectivity index (χ3v) is 4.66. The fourth-order valence-electron chi connectivity index (χ4n) is 2.55. The van der Waals surface area contributed by atoms with Gasteiger partial charge in [0, 0.05) is 23.2 Å². The summed E-state index contributed by atoms with van der Waals surface area (Å²) in [6, 6.07) is 6.23. The van der Waals surface area contributed by atoms with Crippen LogP contribution < -0.4 is 4.90 Å². The lowest BCUT2D eigenvalue weighted by atomic mass is 10.1. The van der Waals surface area contributed by atoms with Crippen molar-refractivity contribution in [1.29, 1.82) is 0 Å². The molecule has 21 heavy (non-hydrogen) atoms. The van der Waals surface area contributed by atoms with Crippen LogP contribution >= 0.6 is 15.9 Å². The molecule has 0 aliphatic heterocycles. The first-order valence-electron chi connectivity index (χ1n) is 7.98. The summed E-state index contributed by atoms with van der Waals surface area (Å²) in [5, 5.41) is 9.70. The van der Waals surface area contributed by atoms with E-state index < -0.39 is 6.10 Å². The van der Waals surface area contributed by atoms with Crippen LogP contribution in [0.25, 0.3) is 0 Å². The summed E-state index contributed by atoms with van der Waals surface area (Å²) in [7, 11) is 0. The van der Waals surface area contributed by atoms with Crippen molar-refractivity contribution >= 4 is 21.6 Å². The van der Waals surface area contributed by atoms with Crippen LogP contribution in [0.15, 0.2) is 22.7 Å². The molecule has 0 aromatic heterocycles. The van der Waals surface area contributed by atoms with Gasteiger partial charge in [0.15, 0.2) is 0 Å². The van der Waals surface area contributed by atoms with Gasteiger partial charge in [0.2, 0.25) is 0 Å². The van der Waals surface area contributed by atoms with Gasteiger partial charge in [-0.3, -0.25) is 0 Å². The van der Waals surface area contributed by atoms with Gasteiger partial charge in [-0.1, -0.05) is 35.8 Å². The summed E-state index contributed by atoms with van der Waals surface area (Å²) in [6.45, 7) is 13.9. The molecule has 1 atom stereocenters. The van der Waals surface area contributed by atoms with Gasteiger partial charge in [-0.2, -0.15) is 0 Å². The van der Waals surface area contributed by atoms with Crippen molar-refractivity contribution in [1.82, 2.24) is 4.90 Å². The SMILES string of the molecule is CCN(CC)CCCN(CC)c1ccc([C@H](C)O)c(Br)c1. The number of aliphatic hydroxyl groups is 1. The van der Waals surface area contributed by atoms with Gasteiger partial charge >= 0.3 is 0 Å². The highest BCUT2D eigenvalue weighted by Gasteiger charge is 2.10. The molecule has 0 aliphatic carbocycles. The lowest BCUT2D eigenvalue weighted by molar-refractivity contribution is 0.198. The first-order chi connectivity index (χ1) is 10.0. The molecule has 0 bridgehead atoms. The highest BCUT2D eigenvalue weighted by molar-refractivity contribution is 9.10. The van der Waals surface area contributed by atoms with E-state index >= 15 is 0 Å². The Bertz CT molecular complexity index is 419. The molecule has 0 spiro atoms. The summed E-state index contributed by atoms with van der Waals surface area (Å²) in [6.07, 6.45) is 0.733. The van der Waals surface area contributed by atoms with Gasteiger partial charge in [-0.15, -0.1) is 0 Å². The fraction of sp³-hybridized carbons (Fsp3) is 0.647. The Labute approximate surface area is 138 Å². The Balaban J connectivity index is 2.66. The molecule has 0 heterocycles. The second-order valence-electron chi connectivity index (χ2n) is 5.34. The van der Waals surface area contributed by atoms with Crippen molar-refractivity contribution in [3.8, 4) is 0 Å². The normalized spacial score (nSPS) is 12.7. The number of hydrogen-bond acceptors (Lipinski definition) is 3. The summed E-state index contributed by atoms with van der Waals surface area (Å²) in [5.74, 6) is 0. The van der Waals surface area contributed by atoms with E-state index in [0.717, 1.165) is 42.8 Å². The smallest absolute Gasteiger partial charge is 0.0772 e. The van der Waals surface area contributed by atoms with Crippen molar-refractivity contribution in [2.24, 2.45) is 0 Å². The third-order valence-electron chi connectivity index (χ3n) is 3.98. The standard InChI is InChI=1S/C17H29BrN2O/c1-5-19(6-2)11-8-12-20(7-3)15-9-10-16(14(4)21)17(18)13-15/h9-10,13-14,21H,5-8,11-12H2,1-4H3/t14-/m0/s1. The molecule has 3 nitrogen and oxygen atoms in total. The van der Waals surface area contributed by atoms with Crippen LogP contribution in [-0.4, -0.2) is 42.7 Å². The number of halogens is 1. The molecular weight excluding hydrogens is 328 g/mol. The average Bonchev–Trinajstić information content (AvgIpc) is 2.47. The van der Waals surface area contributed by atoms with E-state index in [1.54, 1.807) is 6.92 Å². The van der Waals surface area contributed by atoms with Crippen molar-refractivity contribution < 1.29 is 5.11 Å². The molecule has 0 aliphatic rings. The first-order valence-corrected chi connectivity index (χ1v) is 8.77. The lowest BCUT2D eigenvalue weighted by Gasteiger charge is -2.26. The van der Waals surface area contributed by atoms with Gasteiger partial charge in [-0.05, 0) is 57.6 Å². The van der Waals surface area contributed by atoms with Crippen LogP contribution in [0.2, 0.25) is 0 Å². The van der Waals surface area contributed by atoms with Crippen molar-refractivity contribution in [3.05, 3.63) is 28.2 Å². The molecule has 0 radical (unpaired) electrons. The molecule has 0 amide bonds. The maximum absolute atomic E-state index is 9.70. The van der Waals surface area contributed by atoms with Crippen LogP contribution in [0.4, 0.5) is 5.69 Å². The maximum atomic E-state index is 9.70. The summed E-state index contributed by atoms with van der Waals surface area (Å²) in [4.78, 5) is 4.85. The van der Waals surface area contributed by atoms with Crippen LogP contribution in [0.3, 0.4) is 0 Å². The second kappa shape index (κ2) is 9.44. The number of nitrogens with zero attached hydrogens (tertiary/aromatic N) is 2. The summed E-state index contributed by atoms with van der Waals surface area (Å²) in [5.41, 5.74) is 2.16. The van der Waals surface area contributed by atoms with Crippen LogP contribution in [0.5, 0.6) is 0 Å². The number of hydrogen-bond donors (Lipinski definition) is 1. The Morgan fingerprint density at radius 2 is 1.76 bits per heavy atom. The van der Waals surface area contributed by atoms with E-state index in [2.05, 4.69) is 58.6 Å². The minimum atomic E-state index is -0.439. The first kappa shape index (κ1) is 18.5. The molecular formula is C17H29BrN2O. The minimum Gasteiger partial charge on any atom is -0.389 e. The largest absolute Gasteiger partial charge is 0.389 e. The Hall–Kier alpha value is -0.580.